The molecule has 1 heteroatoms. The van der Waals surface area contributed by atoms with Crippen LogP contribution in [0.1, 0.15) is 78.6 Å². The van der Waals surface area contributed by atoms with Crippen LogP contribution >= 0.6 is 0 Å². The number of Topliss-reactive ketones (excluding diaryl/α,β-unsaturated/α-hetero) is 1. The molecule has 2 aromatic rings. The molecule has 0 N–H and O–H groups in total. The molecule has 0 saturated carbocycles. The fourth-order valence-corrected chi connectivity index (χ4v) is 4.42. The first-order valence-corrected chi connectivity index (χ1v) is 10.3. The van der Waals surface area contributed by atoms with E-state index in [0.717, 1.165) is 24.3 Å². The quantitative estimate of drug-likeness (QED) is 0.534. The van der Waals surface area contributed by atoms with Crippen LogP contribution in [-0.2, 0) is 12.8 Å². The fourth-order valence-electron chi connectivity index (χ4n) is 4.42. The minimum Gasteiger partial charge on any atom is -0.294 e. The lowest BCUT2D eigenvalue weighted by Gasteiger charge is -2.18. The van der Waals surface area contributed by atoms with Crippen molar-refractivity contribution in [1.82, 2.24) is 0 Å². The van der Waals surface area contributed by atoms with Crippen LogP contribution in [0.3, 0.4) is 0 Å². The van der Waals surface area contributed by atoms with E-state index in [0.29, 0.717) is 12.2 Å². The van der Waals surface area contributed by atoms with Gasteiger partial charge in [0.2, 0.25) is 0 Å². The van der Waals surface area contributed by atoms with Crippen LogP contribution < -0.4 is 0 Å². The Morgan fingerprint density at radius 3 is 2.46 bits per heavy atom. The molecular weight excluding hydrogens is 316 g/mol. The molecule has 1 nitrogen and oxygen atoms in total. The van der Waals surface area contributed by atoms with E-state index in [4.69, 9.17) is 0 Å². The van der Waals surface area contributed by atoms with E-state index in [1.807, 2.05) is 0 Å². The van der Waals surface area contributed by atoms with Crippen LogP contribution in [0.4, 0.5) is 0 Å². The van der Waals surface area contributed by atoms with Crippen molar-refractivity contribution in [1.29, 1.82) is 0 Å². The smallest absolute Gasteiger partial charge is 0.163 e. The highest BCUT2D eigenvalue weighted by Crippen LogP contribution is 2.38. The molecule has 1 aliphatic carbocycles. The van der Waals surface area contributed by atoms with Crippen molar-refractivity contribution in [2.45, 2.75) is 72.6 Å². The molecule has 0 aliphatic heterocycles. The summed E-state index contributed by atoms with van der Waals surface area (Å²) in [7, 11) is 0. The van der Waals surface area contributed by atoms with Crippen molar-refractivity contribution in [2.75, 3.05) is 0 Å². The summed E-state index contributed by atoms with van der Waals surface area (Å²) < 4.78 is 0. The van der Waals surface area contributed by atoms with Crippen molar-refractivity contribution in [2.24, 2.45) is 5.92 Å². The summed E-state index contributed by atoms with van der Waals surface area (Å²) in [4.78, 5) is 12.3. The van der Waals surface area contributed by atoms with Gasteiger partial charge < -0.3 is 0 Å². The van der Waals surface area contributed by atoms with Crippen LogP contribution in [0.2, 0.25) is 0 Å². The minimum atomic E-state index is 0.315. The molecule has 3 rings (SSSR count). The number of fused-ring (bicyclic) bond motifs is 1. The molecule has 0 fully saturated rings. The lowest BCUT2D eigenvalue weighted by atomic mass is 9.86. The largest absolute Gasteiger partial charge is 0.294 e. The molecule has 2 aromatic carbocycles. The third kappa shape index (κ3) is 3.77. The second-order valence-electron chi connectivity index (χ2n) is 7.94. The van der Waals surface area contributed by atoms with Crippen LogP contribution in [0.25, 0.3) is 11.1 Å². The molecule has 138 valence electrons. The third-order valence-electron chi connectivity index (χ3n) is 6.18. The lowest BCUT2D eigenvalue weighted by molar-refractivity contribution is 0.0994. The second kappa shape index (κ2) is 8.20. The molecule has 0 bridgehead atoms. The molecule has 1 aliphatic rings. The average Bonchev–Trinajstić information content (AvgIpc) is 3.02. The fraction of sp³-hybridized carbons (Fsp3) is 0.480. The van der Waals surface area contributed by atoms with E-state index in [9.17, 15) is 4.79 Å². The highest BCUT2D eigenvalue weighted by Gasteiger charge is 2.25. The number of benzene rings is 2. The van der Waals surface area contributed by atoms with Gasteiger partial charge in [0.25, 0.3) is 0 Å². The number of carbonyl (C=O) groups excluding carboxylic acids is 1. The van der Waals surface area contributed by atoms with Gasteiger partial charge in [-0.05, 0) is 66.8 Å². The Bertz CT molecular complexity index is 796. The number of rotatable bonds is 7. The summed E-state index contributed by atoms with van der Waals surface area (Å²) in [5.74, 6) is 1.16. The molecule has 0 amide bonds. The van der Waals surface area contributed by atoms with Gasteiger partial charge in [-0.2, -0.15) is 0 Å². The number of aryl methyl sites for hydroxylation is 3. The van der Waals surface area contributed by atoms with Gasteiger partial charge in [-0.3, -0.25) is 4.79 Å². The standard InChI is InChI=1S/C25H32O/c1-5-19(6-2)8-7-9-20-12-13-21-22(14-15-24(21)26)25(20)23-16-17(3)10-11-18(23)4/h10-13,16,19H,5-9,14-15H2,1-4H3. The van der Waals surface area contributed by atoms with Gasteiger partial charge in [0, 0.05) is 12.0 Å². The van der Waals surface area contributed by atoms with E-state index in [2.05, 4.69) is 58.0 Å². The maximum Gasteiger partial charge on any atom is 0.163 e. The molecule has 0 heterocycles. The predicted molar refractivity (Wildman–Crippen MR) is 111 cm³/mol. The predicted octanol–water partition coefficient (Wildman–Crippen LogP) is 6.86. The Morgan fingerprint density at radius 1 is 0.962 bits per heavy atom. The lowest BCUT2D eigenvalue weighted by Crippen LogP contribution is -2.02. The topological polar surface area (TPSA) is 17.1 Å². The van der Waals surface area contributed by atoms with Gasteiger partial charge >= 0.3 is 0 Å². The number of hydrogen-bond donors (Lipinski definition) is 0. The Morgan fingerprint density at radius 2 is 1.73 bits per heavy atom. The highest BCUT2D eigenvalue weighted by atomic mass is 16.1. The Kier molecular flexibility index (Phi) is 5.96. The average molecular weight is 349 g/mol. The van der Waals surface area contributed by atoms with Crippen LogP contribution in [0, 0.1) is 19.8 Å². The van der Waals surface area contributed by atoms with E-state index < -0.39 is 0 Å². The van der Waals surface area contributed by atoms with Crippen molar-refractivity contribution in [3.63, 3.8) is 0 Å². The van der Waals surface area contributed by atoms with Gasteiger partial charge in [0.05, 0.1) is 0 Å². The van der Waals surface area contributed by atoms with Gasteiger partial charge in [-0.15, -0.1) is 0 Å². The molecule has 0 radical (unpaired) electrons. The van der Waals surface area contributed by atoms with Gasteiger partial charge in [-0.1, -0.05) is 69.0 Å². The van der Waals surface area contributed by atoms with Crippen LogP contribution in [-0.4, -0.2) is 5.78 Å². The monoisotopic (exact) mass is 348 g/mol. The Hall–Kier alpha value is -1.89. The first-order valence-electron chi connectivity index (χ1n) is 10.3. The van der Waals surface area contributed by atoms with E-state index in [1.165, 1.54) is 59.1 Å². The van der Waals surface area contributed by atoms with Crippen molar-refractivity contribution in [3.8, 4) is 11.1 Å². The third-order valence-corrected chi connectivity index (χ3v) is 6.18. The Balaban J connectivity index is 2.00. The summed E-state index contributed by atoms with van der Waals surface area (Å²) in [6.45, 7) is 8.95. The summed E-state index contributed by atoms with van der Waals surface area (Å²) in [6, 6.07) is 11.0. The summed E-state index contributed by atoms with van der Waals surface area (Å²) >= 11 is 0. The van der Waals surface area contributed by atoms with Gasteiger partial charge in [-0.25, -0.2) is 0 Å². The van der Waals surface area contributed by atoms with E-state index >= 15 is 0 Å². The zero-order valence-corrected chi connectivity index (χ0v) is 16.8. The zero-order chi connectivity index (χ0) is 18.7. The highest BCUT2D eigenvalue weighted by molar-refractivity contribution is 6.03. The van der Waals surface area contributed by atoms with Crippen LogP contribution in [0.5, 0.6) is 0 Å². The molecule has 0 aromatic heterocycles. The molecule has 0 saturated heterocycles. The summed E-state index contributed by atoms with van der Waals surface area (Å²) in [5.41, 5.74) is 8.97. The van der Waals surface area contributed by atoms with Crippen molar-refractivity contribution in [3.05, 3.63) is 58.1 Å². The summed E-state index contributed by atoms with van der Waals surface area (Å²) in [6.07, 6.45) is 7.77. The maximum atomic E-state index is 12.3. The van der Waals surface area contributed by atoms with Gasteiger partial charge in [0.1, 0.15) is 0 Å². The van der Waals surface area contributed by atoms with E-state index in [-0.39, 0.29) is 0 Å². The summed E-state index contributed by atoms with van der Waals surface area (Å²) in [5, 5.41) is 0. The molecule has 0 unspecified atom stereocenters. The maximum absolute atomic E-state index is 12.3. The first-order chi connectivity index (χ1) is 12.5. The van der Waals surface area contributed by atoms with Crippen molar-refractivity contribution < 1.29 is 4.79 Å². The first kappa shape index (κ1) is 18.9. The van der Waals surface area contributed by atoms with Crippen LogP contribution in [0.15, 0.2) is 30.3 Å². The molecule has 26 heavy (non-hydrogen) atoms. The van der Waals surface area contributed by atoms with Gasteiger partial charge in [0.15, 0.2) is 5.78 Å². The molecule has 0 spiro atoms. The number of hydrogen-bond acceptors (Lipinski definition) is 1. The Labute approximate surface area is 158 Å². The molecule has 0 atom stereocenters. The minimum absolute atomic E-state index is 0.315. The zero-order valence-electron chi connectivity index (χ0n) is 16.8. The number of ketones is 1. The normalized spacial score (nSPS) is 13.5. The van der Waals surface area contributed by atoms with E-state index in [1.54, 1.807) is 0 Å². The second-order valence-corrected chi connectivity index (χ2v) is 7.94. The molecular formula is C25H32O. The SMILES string of the molecule is CCC(CC)CCCc1ccc2c(c1-c1cc(C)ccc1C)CCC2=O. The van der Waals surface area contributed by atoms with Crippen molar-refractivity contribution >= 4 is 5.78 Å². The number of carbonyl (C=O) groups is 1.